The maximum atomic E-state index is 12.8. The van der Waals surface area contributed by atoms with Crippen LogP contribution in [-0.4, -0.2) is 49.9 Å². The maximum absolute atomic E-state index is 12.8. The van der Waals surface area contributed by atoms with E-state index < -0.39 is 0 Å². The van der Waals surface area contributed by atoms with E-state index in [4.69, 9.17) is 9.97 Å². The van der Waals surface area contributed by atoms with Gasteiger partial charge in [-0.2, -0.15) is 0 Å². The van der Waals surface area contributed by atoms with Crippen LogP contribution in [0.2, 0.25) is 0 Å². The van der Waals surface area contributed by atoms with Crippen molar-refractivity contribution in [1.29, 1.82) is 0 Å². The molecule has 0 saturated heterocycles. The van der Waals surface area contributed by atoms with Crippen LogP contribution in [0.3, 0.4) is 0 Å². The second-order valence-electron chi connectivity index (χ2n) is 8.07. The predicted octanol–water partition coefficient (Wildman–Crippen LogP) is 5.25. The summed E-state index contributed by atoms with van der Waals surface area (Å²) in [7, 11) is 0. The van der Waals surface area contributed by atoms with Gasteiger partial charge in [-0.1, -0.05) is 42.1 Å². The van der Waals surface area contributed by atoms with Gasteiger partial charge in [0, 0.05) is 29.7 Å². The van der Waals surface area contributed by atoms with Crippen molar-refractivity contribution in [3.63, 3.8) is 0 Å². The van der Waals surface area contributed by atoms with Crippen molar-refractivity contribution < 1.29 is 9.59 Å². The number of amides is 2. The second kappa shape index (κ2) is 9.76. The lowest BCUT2D eigenvalue weighted by Crippen LogP contribution is -2.30. The van der Waals surface area contributed by atoms with Crippen molar-refractivity contribution >= 4 is 56.8 Å². The van der Waals surface area contributed by atoms with Crippen LogP contribution in [-0.2, 0) is 4.79 Å². The van der Waals surface area contributed by atoms with Crippen LogP contribution in [0.1, 0.15) is 24.2 Å². The number of aromatic nitrogens is 3. The van der Waals surface area contributed by atoms with E-state index in [9.17, 15) is 9.59 Å². The van der Waals surface area contributed by atoms with Crippen LogP contribution < -0.4 is 5.32 Å². The van der Waals surface area contributed by atoms with E-state index in [1.54, 1.807) is 29.2 Å². The molecule has 0 atom stereocenters. The number of benzene rings is 3. The number of hydrogen-bond acceptors (Lipinski definition) is 5. The molecule has 0 unspecified atom stereocenters. The largest absolute Gasteiger partial charge is 0.339 e. The molecular weight excluding hydrogens is 458 g/mol. The first-order valence-corrected chi connectivity index (χ1v) is 12.6. The highest BCUT2D eigenvalue weighted by molar-refractivity contribution is 7.99. The SMILES string of the molecule is CCN(CC)C(=O)c1cccc(NC(=O)CSc2nc3ccccc3c3nc4ccccc4n23)c1. The average molecular weight is 484 g/mol. The zero-order valence-electron chi connectivity index (χ0n) is 19.6. The fourth-order valence-electron chi connectivity index (χ4n) is 4.16. The smallest absolute Gasteiger partial charge is 0.253 e. The Bertz CT molecular complexity index is 1560. The van der Waals surface area contributed by atoms with Gasteiger partial charge in [0.15, 0.2) is 5.16 Å². The summed E-state index contributed by atoms with van der Waals surface area (Å²) in [5.74, 6) is -0.0496. The van der Waals surface area contributed by atoms with Gasteiger partial charge in [0.05, 0.1) is 22.3 Å². The Morgan fingerprint density at radius 2 is 1.66 bits per heavy atom. The summed E-state index contributed by atoms with van der Waals surface area (Å²) < 4.78 is 2.01. The molecule has 0 aliphatic carbocycles. The minimum atomic E-state index is -0.171. The number of hydrogen-bond donors (Lipinski definition) is 1. The van der Waals surface area contributed by atoms with Gasteiger partial charge in [-0.15, -0.1) is 0 Å². The molecule has 5 aromatic rings. The van der Waals surface area contributed by atoms with E-state index in [1.807, 2.05) is 66.8 Å². The summed E-state index contributed by atoms with van der Waals surface area (Å²) in [6, 6.07) is 22.9. The monoisotopic (exact) mass is 483 g/mol. The molecular formula is C27H25N5O2S. The molecule has 0 bridgehead atoms. The standard InChI is InChI=1S/C27H25N5O2S/c1-3-31(4-2)26(34)18-10-9-11-19(16-18)28-24(33)17-35-27-30-21-13-6-5-12-20(21)25-29-22-14-7-8-15-23(22)32(25)27/h5-16H,3-4,17H2,1-2H3,(H,28,33). The van der Waals surface area contributed by atoms with Gasteiger partial charge in [0.25, 0.3) is 5.91 Å². The molecule has 5 rings (SSSR count). The number of carbonyl (C=O) groups excluding carboxylic acids is 2. The summed E-state index contributed by atoms with van der Waals surface area (Å²) >= 11 is 1.36. The molecule has 2 amide bonds. The first kappa shape index (κ1) is 22.9. The highest BCUT2D eigenvalue weighted by Gasteiger charge is 2.16. The number of imidazole rings is 1. The lowest BCUT2D eigenvalue weighted by molar-refractivity contribution is -0.113. The third-order valence-corrected chi connectivity index (χ3v) is 6.83. The molecule has 8 heteroatoms. The van der Waals surface area contributed by atoms with E-state index in [2.05, 4.69) is 5.32 Å². The van der Waals surface area contributed by atoms with Crippen molar-refractivity contribution in [2.24, 2.45) is 0 Å². The van der Waals surface area contributed by atoms with Gasteiger partial charge in [-0.3, -0.25) is 14.0 Å². The molecule has 35 heavy (non-hydrogen) atoms. The highest BCUT2D eigenvalue weighted by Crippen LogP contribution is 2.29. The van der Waals surface area contributed by atoms with Gasteiger partial charge in [0.2, 0.25) is 5.91 Å². The molecule has 0 saturated carbocycles. The number of nitrogens with zero attached hydrogens (tertiary/aromatic N) is 4. The maximum Gasteiger partial charge on any atom is 0.253 e. The van der Waals surface area contributed by atoms with Crippen LogP contribution in [0.5, 0.6) is 0 Å². The van der Waals surface area contributed by atoms with E-state index in [1.165, 1.54) is 11.8 Å². The first-order chi connectivity index (χ1) is 17.1. The van der Waals surface area contributed by atoms with Crippen LogP contribution >= 0.6 is 11.8 Å². The van der Waals surface area contributed by atoms with E-state index in [0.717, 1.165) is 27.6 Å². The molecule has 1 N–H and O–H groups in total. The molecule has 0 aliphatic heterocycles. The number of fused-ring (bicyclic) bond motifs is 5. The van der Waals surface area contributed by atoms with Crippen molar-refractivity contribution in [3.8, 4) is 0 Å². The van der Waals surface area contributed by atoms with Gasteiger partial charge in [0.1, 0.15) is 5.65 Å². The molecule has 3 aromatic carbocycles. The molecule has 0 aliphatic rings. The quantitative estimate of drug-likeness (QED) is 0.253. The Labute approximate surface area is 207 Å². The number of rotatable bonds is 7. The van der Waals surface area contributed by atoms with Crippen molar-refractivity contribution in [2.75, 3.05) is 24.2 Å². The van der Waals surface area contributed by atoms with E-state index in [0.29, 0.717) is 29.5 Å². The fourth-order valence-corrected chi connectivity index (χ4v) is 4.97. The van der Waals surface area contributed by atoms with Crippen LogP contribution in [0.25, 0.3) is 27.6 Å². The van der Waals surface area contributed by atoms with Gasteiger partial charge in [-0.05, 0) is 56.3 Å². The number of thioether (sulfide) groups is 1. The summed E-state index contributed by atoms with van der Waals surface area (Å²) in [4.78, 5) is 36.9. The minimum absolute atomic E-state index is 0.0461. The lowest BCUT2D eigenvalue weighted by atomic mass is 10.1. The second-order valence-corrected chi connectivity index (χ2v) is 9.01. The molecule has 7 nitrogen and oxygen atoms in total. The molecule has 0 fully saturated rings. The molecule has 0 spiro atoms. The number of nitrogens with one attached hydrogen (secondary N) is 1. The normalized spacial score (nSPS) is 11.3. The van der Waals surface area contributed by atoms with Crippen molar-refractivity contribution in [2.45, 2.75) is 19.0 Å². The lowest BCUT2D eigenvalue weighted by Gasteiger charge is -2.19. The average Bonchev–Trinajstić information content (AvgIpc) is 3.28. The molecule has 2 aromatic heterocycles. The van der Waals surface area contributed by atoms with Gasteiger partial charge < -0.3 is 10.2 Å². The number of carbonyl (C=O) groups is 2. The minimum Gasteiger partial charge on any atom is -0.339 e. The summed E-state index contributed by atoms with van der Waals surface area (Å²) in [5.41, 5.74) is 4.64. The Morgan fingerprint density at radius 1 is 0.914 bits per heavy atom. The van der Waals surface area contributed by atoms with E-state index in [-0.39, 0.29) is 17.6 Å². The molecule has 2 heterocycles. The Morgan fingerprint density at radius 3 is 2.46 bits per heavy atom. The zero-order valence-corrected chi connectivity index (χ0v) is 20.4. The van der Waals surface area contributed by atoms with Crippen LogP contribution in [0.15, 0.2) is 78.0 Å². The zero-order chi connectivity index (χ0) is 24.4. The number of para-hydroxylation sites is 3. The van der Waals surface area contributed by atoms with E-state index >= 15 is 0 Å². The van der Waals surface area contributed by atoms with Crippen molar-refractivity contribution in [1.82, 2.24) is 19.3 Å². The third kappa shape index (κ3) is 4.44. The molecule has 176 valence electrons. The first-order valence-electron chi connectivity index (χ1n) is 11.6. The van der Waals surface area contributed by atoms with Crippen LogP contribution in [0.4, 0.5) is 5.69 Å². The Hall–Kier alpha value is -3.91. The number of anilines is 1. The highest BCUT2D eigenvalue weighted by atomic mass is 32.2. The Balaban J connectivity index is 1.39. The third-order valence-electron chi connectivity index (χ3n) is 5.89. The summed E-state index contributed by atoms with van der Waals surface area (Å²) in [5, 5.41) is 4.58. The van der Waals surface area contributed by atoms with Gasteiger partial charge >= 0.3 is 0 Å². The Kier molecular flexibility index (Phi) is 6.37. The van der Waals surface area contributed by atoms with Gasteiger partial charge in [-0.25, -0.2) is 9.97 Å². The van der Waals surface area contributed by atoms with Crippen molar-refractivity contribution in [3.05, 3.63) is 78.4 Å². The van der Waals surface area contributed by atoms with Crippen LogP contribution in [0, 0.1) is 0 Å². The summed E-state index contributed by atoms with van der Waals surface area (Å²) in [6.07, 6.45) is 0. The summed E-state index contributed by atoms with van der Waals surface area (Å²) in [6.45, 7) is 5.18. The topological polar surface area (TPSA) is 79.6 Å². The predicted molar refractivity (Wildman–Crippen MR) is 141 cm³/mol. The fraction of sp³-hybridized carbons (Fsp3) is 0.185. The molecule has 0 radical (unpaired) electrons.